The van der Waals surface area contributed by atoms with Crippen molar-refractivity contribution in [3.8, 4) is 5.75 Å². The van der Waals surface area contributed by atoms with Crippen molar-refractivity contribution < 1.29 is 14.2 Å². The van der Waals surface area contributed by atoms with Crippen molar-refractivity contribution in [2.24, 2.45) is 5.73 Å². The van der Waals surface area contributed by atoms with Gasteiger partial charge in [-0.05, 0) is 38.5 Å². The summed E-state index contributed by atoms with van der Waals surface area (Å²) in [6.07, 6.45) is 0. The molecular formula is C15H23NO3S. The first kappa shape index (κ1) is 16.9. The van der Waals surface area contributed by atoms with Gasteiger partial charge in [0.25, 0.3) is 0 Å². The third-order valence-electron chi connectivity index (χ3n) is 2.56. The number of hydrogen-bond acceptors (Lipinski definition) is 4. The van der Waals surface area contributed by atoms with Crippen LogP contribution in [0.1, 0.15) is 31.9 Å². The van der Waals surface area contributed by atoms with Crippen LogP contribution in [0.25, 0.3) is 0 Å². The van der Waals surface area contributed by atoms with Crippen molar-refractivity contribution in [2.75, 3.05) is 20.3 Å². The van der Waals surface area contributed by atoms with E-state index >= 15 is 0 Å². The van der Waals surface area contributed by atoms with Gasteiger partial charge in [-0.3, -0.25) is 0 Å². The van der Waals surface area contributed by atoms with E-state index in [1.54, 1.807) is 7.11 Å². The first-order valence-corrected chi connectivity index (χ1v) is 6.93. The minimum atomic E-state index is -0.137. The Bertz CT molecular complexity index is 455. The zero-order valence-electron chi connectivity index (χ0n) is 12.6. The van der Waals surface area contributed by atoms with E-state index in [-0.39, 0.29) is 5.60 Å². The summed E-state index contributed by atoms with van der Waals surface area (Å²) in [4.78, 5) is 0.319. The molecule has 5 heteroatoms. The number of thiocarbonyl (C=S) groups is 1. The van der Waals surface area contributed by atoms with Gasteiger partial charge in [-0.2, -0.15) is 0 Å². The fourth-order valence-electron chi connectivity index (χ4n) is 1.63. The maximum Gasteiger partial charge on any atom is 0.129 e. The molecule has 2 N–H and O–H groups in total. The minimum Gasteiger partial charge on any atom is -0.496 e. The van der Waals surface area contributed by atoms with Crippen molar-refractivity contribution in [2.45, 2.75) is 33.0 Å². The molecule has 0 spiro atoms. The molecule has 0 aliphatic carbocycles. The number of nitrogens with two attached hydrogens (primary N) is 1. The van der Waals surface area contributed by atoms with Gasteiger partial charge in [0.05, 0.1) is 38.1 Å². The van der Waals surface area contributed by atoms with Crippen LogP contribution >= 0.6 is 12.2 Å². The van der Waals surface area contributed by atoms with Gasteiger partial charge in [-0.25, -0.2) is 0 Å². The molecule has 0 saturated heterocycles. The number of hydrogen-bond donors (Lipinski definition) is 1. The van der Waals surface area contributed by atoms with Gasteiger partial charge >= 0.3 is 0 Å². The maximum absolute atomic E-state index is 5.67. The Morgan fingerprint density at radius 1 is 1.25 bits per heavy atom. The van der Waals surface area contributed by atoms with Crippen LogP contribution in [-0.4, -0.2) is 30.9 Å². The molecule has 0 radical (unpaired) electrons. The van der Waals surface area contributed by atoms with E-state index in [2.05, 4.69) is 0 Å². The van der Waals surface area contributed by atoms with Crippen molar-refractivity contribution >= 4 is 17.2 Å². The first-order valence-electron chi connectivity index (χ1n) is 6.52. The van der Waals surface area contributed by atoms with Crippen LogP contribution in [0, 0.1) is 0 Å². The monoisotopic (exact) mass is 297 g/mol. The molecule has 1 aromatic rings. The molecule has 0 bridgehead atoms. The fraction of sp³-hybridized carbons (Fsp3) is 0.533. The molecule has 1 rings (SSSR count). The Morgan fingerprint density at radius 3 is 2.50 bits per heavy atom. The lowest BCUT2D eigenvalue weighted by Crippen LogP contribution is -2.21. The molecule has 0 aromatic heterocycles. The van der Waals surface area contributed by atoms with E-state index in [1.807, 2.05) is 39.0 Å². The number of benzene rings is 1. The van der Waals surface area contributed by atoms with Crippen LogP contribution in [0.3, 0.4) is 0 Å². The topological polar surface area (TPSA) is 53.7 Å². The summed E-state index contributed by atoms with van der Waals surface area (Å²) >= 11 is 5.01. The highest BCUT2D eigenvalue weighted by atomic mass is 32.1. The second kappa shape index (κ2) is 7.57. The zero-order valence-corrected chi connectivity index (χ0v) is 13.4. The number of methoxy groups -OCH3 is 1. The van der Waals surface area contributed by atoms with Gasteiger partial charge in [0, 0.05) is 0 Å². The highest BCUT2D eigenvalue weighted by Gasteiger charge is 2.10. The van der Waals surface area contributed by atoms with Gasteiger partial charge < -0.3 is 19.9 Å². The second-order valence-electron chi connectivity index (χ2n) is 5.41. The lowest BCUT2D eigenvalue weighted by atomic mass is 10.1. The predicted molar refractivity (Wildman–Crippen MR) is 84.2 cm³/mol. The quantitative estimate of drug-likeness (QED) is 0.619. The van der Waals surface area contributed by atoms with Crippen LogP contribution in [0.2, 0.25) is 0 Å². The average molecular weight is 297 g/mol. The van der Waals surface area contributed by atoms with Crippen LogP contribution in [0.15, 0.2) is 18.2 Å². The van der Waals surface area contributed by atoms with E-state index < -0.39 is 0 Å². The Hall–Kier alpha value is -1.17. The molecule has 1 aromatic carbocycles. The summed E-state index contributed by atoms with van der Waals surface area (Å²) < 4.78 is 16.4. The fourth-order valence-corrected chi connectivity index (χ4v) is 1.79. The van der Waals surface area contributed by atoms with Crippen molar-refractivity contribution in [3.05, 3.63) is 29.3 Å². The molecule has 0 aliphatic heterocycles. The summed E-state index contributed by atoms with van der Waals surface area (Å²) in [6.45, 7) is 7.67. The normalized spacial score (nSPS) is 11.4. The summed E-state index contributed by atoms with van der Waals surface area (Å²) in [5.41, 5.74) is 7.27. The van der Waals surface area contributed by atoms with Crippen LogP contribution in [0.5, 0.6) is 5.75 Å². The van der Waals surface area contributed by atoms with E-state index in [1.165, 1.54) is 0 Å². The lowest BCUT2D eigenvalue weighted by Gasteiger charge is -2.19. The van der Waals surface area contributed by atoms with Gasteiger partial charge in [-0.15, -0.1) is 0 Å². The largest absolute Gasteiger partial charge is 0.496 e. The summed E-state index contributed by atoms with van der Waals surface area (Å²) in [7, 11) is 1.59. The molecule has 112 valence electrons. The van der Waals surface area contributed by atoms with Crippen molar-refractivity contribution in [3.63, 3.8) is 0 Å². The third kappa shape index (κ3) is 5.86. The third-order valence-corrected chi connectivity index (χ3v) is 2.78. The average Bonchev–Trinajstić information content (AvgIpc) is 2.36. The van der Waals surface area contributed by atoms with Crippen molar-refractivity contribution in [1.29, 1.82) is 0 Å². The van der Waals surface area contributed by atoms with Crippen LogP contribution in [0.4, 0.5) is 0 Å². The molecule has 20 heavy (non-hydrogen) atoms. The standard InChI is InChI=1S/C15H23NO3S/c1-15(2,3)19-8-7-18-10-11-5-6-13(17-4)12(9-11)14(16)20/h5-6,9H,7-8,10H2,1-4H3,(H2,16,20). The molecule has 0 heterocycles. The van der Waals surface area contributed by atoms with E-state index in [9.17, 15) is 0 Å². The molecule has 0 unspecified atom stereocenters. The SMILES string of the molecule is COc1ccc(COCCOC(C)(C)C)cc1C(N)=S. The van der Waals surface area contributed by atoms with E-state index in [0.29, 0.717) is 30.6 Å². The molecule has 0 fully saturated rings. The molecule has 0 saturated carbocycles. The minimum absolute atomic E-state index is 0.137. The summed E-state index contributed by atoms with van der Waals surface area (Å²) in [5.74, 6) is 0.678. The highest BCUT2D eigenvalue weighted by molar-refractivity contribution is 7.80. The molecule has 0 aliphatic rings. The Kier molecular flexibility index (Phi) is 6.39. The van der Waals surface area contributed by atoms with E-state index in [0.717, 1.165) is 11.1 Å². The second-order valence-corrected chi connectivity index (χ2v) is 5.85. The highest BCUT2D eigenvalue weighted by Crippen LogP contribution is 2.20. The molecule has 0 atom stereocenters. The predicted octanol–water partition coefficient (Wildman–Crippen LogP) is 2.66. The Labute approximate surface area is 126 Å². The molecular weight excluding hydrogens is 274 g/mol. The van der Waals surface area contributed by atoms with E-state index in [4.69, 9.17) is 32.2 Å². The summed E-state index contributed by atoms with van der Waals surface area (Å²) in [5, 5.41) is 0. The van der Waals surface area contributed by atoms with Crippen LogP contribution in [-0.2, 0) is 16.1 Å². The van der Waals surface area contributed by atoms with Gasteiger partial charge in [-0.1, -0.05) is 18.3 Å². The van der Waals surface area contributed by atoms with Crippen LogP contribution < -0.4 is 10.5 Å². The zero-order chi connectivity index (χ0) is 15.2. The first-order chi connectivity index (χ1) is 9.33. The number of rotatable bonds is 7. The maximum atomic E-state index is 5.67. The van der Waals surface area contributed by atoms with Gasteiger partial charge in [0.2, 0.25) is 0 Å². The molecule has 0 amide bonds. The Balaban J connectivity index is 2.49. The number of ether oxygens (including phenoxy) is 3. The van der Waals surface area contributed by atoms with Crippen molar-refractivity contribution in [1.82, 2.24) is 0 Å². The smallest absolute Gasteiger partial charge is 0.129 e. The summed E-state index contributed by atoms with van der Waals surface area (Å²) in [6, 6.07) is 5.68. The lowest BCUT2D eigenvalue weighted by molar-refractivity contribution is -0.0376. The Morgan fingerprint density at radius 2 is 1.95 bits per heavy atom. The van der Waals surface area contributed by atoms with Gasteiger partial charge in [0.1, 0.15) is 10.7 Å². The van der Waals surface area contributed by atoms with Gasteiger partial charge in [0.15, 0.2) is 0 Å². The molecule has 4 nitrogen and oxygen atoms in total.